The molecule has 0 saturated carbocycles. The number of hydrogen-bond acceptors (Lipinski definition) is 4. The normalized spacial score (nSPS) is 11.7. The number of pyridine rings is 1. The molecular weight excluding hydrogens is 504 g/mol. The third-order valence-electron chi connectivity index (χ3n) is 4.40. The first-order valence-corrected chi connectivity index (χ1v) is 12.4. The van der Waals surface area contributed by atoms with Crippen LogP contribution in [0.4, 0.5) is 16.0 Å². The van der Waals surface area contributed by atoms with E-state index in [4.69, 9.17) is 23.2 Å². The lowest BCUT2D eigenvalue weighted by Crippen LogP contribution is -2.32. The molecule has 0 bridgehead atoms. The molecule has 0 saturated heterocycles. The fraction of sp³-hybridized carbons (Fsp3) is 0.136. The quantitative estimate of drug-likeness (QED) is 0.306. The van der Waals surface area contributed by atoms with Crippen LogP contribution in [0, 0.1) is 5.82 Å². The van der Waals surface area contributed by atoms with Crippen LogP contribution in [-0.4, -0.2) is 31.0 Å². The number of nitrogens with zero attached hydrogens (tertiary/aromatic N) is 2. The van der Waals surface area contributed by atoms with E-state index in [9.17, 15) is 17.6 Å². The summed E-state index contributed by atoms with van der Waals surface area (Å²) in [7, 11) is -3.53. The zero-order valence-corrected chi connectivity index (χ0v) is 20.2. The zero-order chi connectivity index (χ0) is 24.7. The molecule has 0 aliphatic heterocycles. The highest BCUT2D eigenvalue weighted by Crippen LogP contribution is 2.15. The lowest BCUT2D eigenvalue weighted by molar-refractivity contribution is 0.100. The second kappa shape index (κ2) is 11.3. The minimum absolute atomic E-state index is 0.0229. The van der Waals surface area contributed by atoms with Crippen molar-refractivity contribution in [3.63, 3.8) is 0 Å². The predicted molar refractivity (Wildman–Crippen MR) is 132 cm³/mol. The van der Waals surface area contributed by atoms with E-state index in [1.165, 1.54) is 43.3 Å². The molecule has 1 aromatic heterocycles. The summed E-state index contributed by atoms with van der Waals surface area (Å²) in [6.07, 6.45) is 0. The number of amides is 1. The average Bonchev–Trinajstić information content (AvgIpc) is 2.78. The molecule has 178 valence electrons. The number of hydrogen-bond donors (Lipinski definition) is 3. The highest BCUT2D eigenvalue weighted by molar-refractivity contribution is 7.92. The lowest BCUT2D eigenvalue weighted by atomic mass is 10.2. The molecule has 1 heterocycles. The summed E-state index contributed by atoms with van der Waals surface area (Å²) in [5.74, 6) is -0.995. The molecule has 3 N–H and O–H groups in total. The molecule has 0 aliphatic carbocycles. The molecular formula is C22H20Cl2FN5O3S. The number of carbonyl (C=O) groups is 1. The molecule has 3 rings (SSSR count). The number of rotatable bonds is 7. The fourth-order valence-corrected chi connectivity index (χ4v) is 3.49. The van der Waals surface area contributed by atoms with Crippen molar-refractivity contribution < 1.29 is 17.6 Å². The van der Waals surface area contributed by atoms with Gasteiger partial charge in [-0.05, 0) is 55.5 Å². The largest absolute Gasteiger partial charge is 0.351 e. The molecule has 3 aromatic rings. The molecule has 2 aromatic carbocycles. The Balaban J connectivity index is 1.86. The van der Waals surface area contributed by atoms with Crippen LogP contribution in [0.2, 0.25) is 10.0 Å². The van der Waals surface area contributed by atoms with Crippen molar-refractivity contribution in [2.45, 2.75) is 13.5 Å². The highest BCUT2D eigenvalue weighted by atomic mass is 35.5. The first kappa shape index (κ1) is 25.4. The Bertz CT molecular complexity index is 1320. The zero-order valence-electron chi connectivity index (χ0n) is 17.8. The van der Waals surface area contributed by atoms with Gasteiger partial charge in [0.25, 0.3) is 5.91 Å². The summed E-state index contributed by atoms with van der Waals surface area (Å²) in [5.41, 5.74) is 0.566. The van der Waals surface area contributed by atoms with Crippen LogP contribution in [0.15, 0.2) is 65.7 Å². The van der Waals surface area contributed by atoms with E-state index in [0.29, 0.717) is 5.02 Å². The Labute approximate surface area is 206 Å². The maximum atomic E-state index is 14.2. The van der Waals surface area contributed by atoms with Gasteiger partial charge in [-0.15, -0.1) is 0 Å². The number of benzene rings is 2. The Kier molecular flexibility index (Phi) is 8.43. The van der Waals surface area contributed by atoms with E-state index in [2.05, 4.69) is 25.3 Å². The fourth-order valence-electron chi connectivity index (χ4n) is 2.63. The van der Waals surface area contributed by atoms with Crippen LogP contribution in [0.25, 0.3) is 0 Å². The number of sulfonamides is 1. The Hall–Kier alpha value is -3.21. The maximum Gasteiger partial charge on any atom is 0.280 e. The third kappa shape index (κ3) is 7.41. The number of halogens is 3. The number of nitrogens with one attached hydrogen (secondary N) is 3. The van der Waals surface area contributed by atoms with E-state index in [0.717, 1.165) is 0 Å². The van der Waals surface area contributed by atoms with Gasteiger partial charge in [0.05, 0.1) is 5.75 Å². The number of anilines is 2. The van der Waals surface area contributed by atoms with Gasteiger partial charge in [0.1, 0.15) is 17.5 Å². The first-order chi connectivity index (χ1) is 16.1. The van der Waals surface area contributed by atoms with E-state index in [1.54, 1.807) is 24.3 Å². The highest BCUT2D eigenvalue weighted by Gasteiger charge is 2.12. The lowest BCUT2D eigenvalue weighted by Gasteiger charge is -2.13. The minimum atomic E-state index is -3.53. The van der Waals surface area contributed by atoms with Crippen molar-refractivity contribution in [3.05, 3.63) is 87.7 Å². The molecule has 0 unspecified atom stereocenters. The van der Waals surface area contributed by atoms with Gasteiger partial charge in [0.2, 0.25) is 16.0 Å². The summed E-state index contributed by atoms with van der Waals surface area (Å²) in [6.45, 7) is 1.47. The van der Waals surface area contributed by atoms with Crippen LogP contribution in [-0.2, 0) is 16.6 Å². The number of aliphatic imine (C=N–C) groups is 1. The summed E-state index contributed by atoms with van der Waals surface area (Å²) < 4.78 is 40.2. The monoisotopic (exact) mass is 523 g/mol. The van der Waals surface area contributed by atoms with Crippen LogP contribution < -0.4 is 15.4 Å². The van der Waals surface area contributed by atoms with Gasteiger partial charge < -0.3 is 10.6 Å². The summed E-state index contributed by atoms with van der Waals surface area (Å²) >= 11 is 11.7. The van der Waals surface area contributed by atoms with Crippen LogP contribution in [0.5, 0.6) is 0 Å². The SMILES string of the molecule is CCS(=O)(=O)Nc1cccc(N/C(=N\C(=O)c2ccc(Cl)cc2)NCc2ccc(Cl)cc2F)n1. The van der Waals surface area contributed by atoms with E-state index in [1.807, 2.05) is 0 Å². The Morgan fingerprint density at radius 3 is 2.38 bits per heavy atom. The predicted octanol–water partition coefficient (Wildman–Crippen LogP) is 4.69. The number of aromatic nitrogens is 1. The average molecular weight is 524 g/mol. The van der Waals surface area contributed by atoms with Gasteiger partial charge in [-0.25, -0.2) is 17.8 Å². The second-order valence-electron chi connectivity index (χ2n) is 6.90. The van der Waals surface area contributed by atoms with Crippen molar-refractivity contribution in [1.29, 1.82) is 0 Å². The van der Waals surface area contributed by atoms with E-state index in [-0.39, 0.29) is 46.0 Å². The molecule has 0 atom stereocenters. The van der Waals surface area contributed by atoms with Crippen molar-refractivity contribution in [3.8, 4) is 0 Å². The standard InChI is InChI=1S/C22H20Cl2FN5O3S/c1-2-34(32,33)30-20-5-3-4-19(27-20)28-22(26-13-15-8-11-17(24)12-18(15)25)29-21(31)14-6-9-16(23)10-7-14/h3-12H,2,13H2,1H3,(H3,26,27,28,29,30,31). The molecule has 1 amide bonds. The summed E-state index contributed by atoms with van der Waals surface area (Å²) in [6, 6.07) is 15.0. The van der Waals surface area contributed by atoms with Gasteiger partial charge >= 0.3 is 0 Å². The minimum Gasteiger partial charge on any atom is -0.351 e. The van der Waals surface area contributed by atoms with Crippen LogP contribution in [0.1, 0.15) is 22.8 Å². The van der Waals surface area contributed by atoms with Crippen molar-refractivity contribution in [1.82, 2.24) is 10.3 Å². The molecule has 12 heteroatoms. The Morgan fingerprint density at radius 2 is 1.71 bits per heavy atom. The molecule has 0 aliphatic rings. The van der Waals surface area contributed by atoms with E-state index < -0.39 is 21.7 Å². The van der Waals surface area contributed by atoms with Gasteiger partial charge in [0, 0.05) is 27.7 Å². The molecule has 8 nitrogen and oxygen atoms in total. The molecule has 34 heavy (non-hydrogen) atoms. The van der Waals surface area contributed by atoms with Gasteiger partial charge in [-0.1, -0.05) is 35.3 Å². The second-order valence-corrected chi connectivity index (χ2v) is 9.78. The van der Waals surface area contributed by atoms with Gasteiger partial charge in [0.15, 0.2) is 0 Å². The summed E-state index contributed by atoms with van der Waals surface area (Å²) in [5, 5.41) is 6.42. The topological polar surface area (TPSA) is 113 Å². The molecule has 0 fully saturated rings. The number of guanidine groups is 1. The maximum absolute atomic E-state index is 14.2. The van der Waals surface area contributed by atoms with Crippen LogP contribution >= 0.6 is 23.2 Å². The van der Waals surface area contributed by atoms with E-state index >= 15 is 0 Å². The van der Waals surface area contributed by atoms with Gasteiger partial charge in [-0.2, -0.15) is 4.99 Å². The van der Waals surface area contributed by atoms with Crippen LogP contribution in [0.3, 0.4) is 0 Å². The van der Waals surface area contributed by atoms with Crippen molar-refractivity contribution in [2.75, 3.05) is 15.8 Å². The van der Waals surface area contributed by atoms with Crippen molar-refractivity contribution in [2.24, 2.45) is 4.99 Å². The van der Waals surface area contributed by atoms with Crippen molar-refractivity contribution >= 4 is 56.7 Å². The first-order valence-electron chi connectivity index (χ1n) is 9.96. The summed E-state index contributed by atoms with van der Waals surface area (Å²) in [4.78, 5) is 20.9. The molecule has 0 radical (unpaired) electrons. The molecule has 0 spiro atoms. The van der Waals surface area contributed by atoms with Gasteiger partial charge in [-0.3, -0.25) is 9.52 Å². The number of carbonyl (C=O) groups excluding carboxylic acids is 1. The Morgan fingerprint density at radius 1 is 1.03 bits per heavy atom. The smallest absolute Gasteiger partial charge is 0.280 e. The third-order valence-corrected chi connectivity index (χ3v) is 6.17.